The summed E-state index contributed by atoms with van der Waals surface area (Å²) >= 11 is 0. The number of amides is 1. The number of rotatable bonds is 3. The van der Waals surface area contributed by atoms with Crippen LogP contribution in [0.3, 0.4) is 0 Å². The maximum absolute atomic E-state index is 12.6. The standard InChI is InChI=1S/C15H19NO3/c1-10(2)16(12-4-5-12)15(17)11-3-6-13-14(9-11)19-8-7-18-13/h3,6,9-10,12H,4-5,7-8H2,1-2H3. The minimum atomic E-state index is 0.0921. The molecule has 0 radical (unpaired) electrons. The van der Waals surface area contributed by atoms with Crippen LogP contribution in [0.1, 0.15) is 37.0 Å². The van der Waals surface area contributed by atoms with Gasteiger partial charge in [-0.15, -0.1) is 0 Å². The van der Waals surface area contributed by atoms with Crippen molar-refractivity contribution in [3.05, 3.63) is 23.8 Å². The van der Waals surface area contributed by atoms with Crippen molar-refractivity contribution >= 4 is 5.91 Å². The Morgan fingerprint density at radius 2 is 1.89 bits per heavy atom. The van der Waals surface area contributed by atoms with Crippen molar-refractivity contribution in [2.24, 2.45) is 0 Å². The topological polar surface area (TPSA) is 38.8 Å². The largest absolute Gasteiger partial charge is 0.486 e. The van der Waals surface area contributed by atoms with E-state index in [0.717, 1.165) is 18.6 Å². The molecule has 1 aliphatic heterocycles. The van der Waals surface area contributed by atoms with Crippen LogP contribution in [0.4, 0.5) is 0 Å². The molecule has 102 valence electrons. The minimum Gasteiger partial charge on any atom is -0.486 e. The molecule has 1 aliphatic carbocycles. The van der Waals surface area contributed by atoms with Crippen molar-refractivity contribution in [3.8, 4) is 11.5 Å². The molecule has 0 saturated heterocycles. The number of benzene rings is 1. The zero-order valence-corrected chi connectivity index (χ0v) is 11.4. The van der Waals surface area contributed by atoms with Crippen LogP contribution in [0.2, 0.25) is 0 Å². The normalized spacial score (nSPS) is 17.4. The highest BCUT2D eigenvalue weighted by atomic mass is 16.6. The molecule has 19 heavy (non-hydrogen) atoms. The summed E-state index contributed by atoms with van der Waals surface area (Å²) in [6.45, 7) is 5.24. The molecule has 1 fully saturated rings. The molecular weight excluding hydrogens is 242 g/mol. The van der Waals surface area contributed by atoms with Gasteiger partial charge in [-0.2, -0.15) is 0 Å². The smallest absolute Gasteiger partial charge is 0.254 e. The van der Waals surface area contributed by atoms with Crippen LogP contribution in [0, 0.1) is 0 Å². The van der Waals surface area contributed by atoms with Gasteiger partial charge in [-0.1, -0.05) is 0 Å². The lowest BCUT2D eigenvalue weighted by Crippen LogP contribution is -2.38. The van der Waals surface area contributed by atoms with Gasteiger partial charge in [-0.3, -0.25) is 4.79 Å². The number of fused-ring (bicyclic) bond motifs is 1. The van der Waals surface area contributed by atoms with Gasteiger partial charge in [0.25, 0.3) is 5.91 Å². The molecule has 3 rings (SSSR count). The fourth-order valence-electron chi connectivity index (χ4n) is 2.50. The first kappa shape index (κ1) is 12.3. The molecule has 1 amide bonds. The van der Waals surface area contributed by atoms with Gasteiger partial charge >= 0.3 is 0 Å². The summed E-state index contributed by atoms with van der Waals surface area (Å²) in [7, 11) is 0. The van der Waals surface area contributed by atoms with E-state index in [1.165, 1.54) is 0 Å². The fraction of sp³-hybridized carbons (Fsp3) is 0.533. The summed E-state index contributed by atoms with van der Waals surface area (Å²) in [6.07, 6.45) is 2.24. The Kier molecular flexibility index (Phi) is 3.09. The van der Waals surface area contributed by atoms with Gasteiger partial charge in [0.1, 0.15) is 13.2 Å². The molecular formula is C15H19NO3. The number of hydrogen-bond acceptors (Lipinski definition) is 3. The van der Waals surface area contributed by atoms with Crippen LogP contribution in [0.15, 0.2) is 18.2 Å². The van der Waals surface area contributed by atoms with E-state index in [-0.39, 0.29) is 11.9 Å². The fourth-order valence-corrected chi connectivity index (χ4v) is 2.50. The molecule has 1 aromatic carbocycles. The summed E-state index contributed by atoms with van der Waals surface area (Å²) in [4.78, 5) is 14.6. The highest BCUT2D eigenvalue weighted by molar-refractivity contribution is 5.95. The Hall–Kier alpha value is -1.71. The molecule has 0 unspecified atom stereocenters. The van der Waals surface area contributed by atoms with Crippen molar-refractivity contribution in [1.82, 2.24) is 4.90 Å². The molecule has 0 spiro atoms. The third kappa shape index (κ3) is 2.39. The summed E-state index contributed by atoms with van der Waals surface area (Å²) < 4.78 is 11.0. The van der Waals surface area contributed by atoms with Gasteiger partial charge in [-0.25, -0.2) is 0 Å². The highest BCUT2D eigenvalue weighted by Crippen LogP contribution is 2.34. The molecule has 1 heterocycles. The Morgan fingerprint density at radius 3 is 2.53 bits per heavy atom. The zero-order chi connectivity index (χ0) is 13.4. The van der Waals surface area contributed by atoms with Crippen LogP contribution in [0.25, 0.3) is 0 Å². The summed E-state index contributed by atoms with van der Waals surface area (Å²) in [6, 6.07) is 6.10. The van der Waals surface area contributed by atoms with E-state index in [1.54, 1.807) is 6.07 Å². The van der Waals surface area contributed by atoms with Gasteiger partial charge in [0, 0.05) is 17.6 Å². The van der Waals surface area contributed by atoms with E-state index in [4.69, 9.17) is 9.47 Å². The Labute approximate surface area is 113 Å². The second-order valence-electron chi connectivity index (χ2n) is 5.40. The van der Waals surface area contributed by atoms with Crippen molar-refractivity contribution in [2.75, 3.05) is 13.2 Å². The number of carbonyl (C=O) groups excluding carboxylic acids is 1. The van der Waals surface area contributed by atoms with E-state index >= 15 is 0 Å². The van der Waals surface area contributed by atoms with Crippen molar-refractivity contribution in [3.63, 3.8) is 0 Å². The molecule has 0 atom stereocenters. The van der Waals surface area contributed by atoms with Crippen molar-refractivity contribution in [1.29, 1.82) is 0 Å². The van der Waals surface area contributed by atoms with E-state index < -0.39 is 0 Å². The third-order valence-electron chi connectivity index (χ3n) is 3.52. The Bertz CT molecular complexity index is 492. The second kappa shape index (κ2) is 4.76. The molecule has 4 heteroatoms. The van der Waals surface area contributed by atoms with E-state index in [2.05, 4.69) is 13.8 Å². The van der Waals surface area contributed by atoms with Gasteiger partial charge in [-0.05, 0) is 44.9 Å². The van der Waals surface area contributed by atoms with E-state index in [1.807, 2.05) is 17.0 Å². The molecule has 1 saturated carbocycles. The van der Waals surface area contributed by atoms with Crippen LogP contribution >= 0.6 is 0 Å². The van der Waals surface area contributed by atoms with Crippen LogP contribution in [0.5, 0.6) is 11.5 Å². The molecule has 2 aliphatic rings. The maximum Gasteiger partial charge on any atom is 0.254 e. The molecule has 0 N–H and O–H groups in total. The van der Waals surface area contributed by atoms with Gasteiger partial charge in [0.15, 0.2) is 11.5 Å². The first-order chi connectivity index (χ1) is 9.16. The molecule has 1 aromatic rings. The quantitative estimate of drug-likeness (QED) is 0.839. The monoisotopic (exact) mass is 261 g/mol. The lowest BCUT2D eigenvalue weighted by molar-refractivity contribution is 0.0689. The zero-order valence-electron chi connectivity index (χ0n) is 11.4. The first-order valence-electron chi connectivity index (χ1n) is 6.89. The Morgan fingerprint density at radius 1 is 1.21 bits per heavy atom. The highest BCUT2D eigenvalue weighted by Gasteiger charge is 2.35. The lowest BCUT2D eigenvalue weighted by atomic mass is 10.1. The molecule has 4 nitrogen and oxygen atoms in total. The third-order valence-corrected chi connectivity index (χ3v) is 3.52. The number of ether oxygens (including phenoxy) is 2. The first-order valence-corrected chi connectivity index (χ1v) is 6.89. The summed E-state index contributed by atoms with van der Waals surface area (Å²) in [5, 5.41) is 0. The number of nitrogens with zero attached hydrogens (tertiary/aromatic N) is 1. The average molecular weight is 261 g/mol. The predicted octanol–water partition coefficient (Wildman–Crippen LogP) is 2.47. The van der Waals surface area contributed by atoms with Gasteiger partial charge in [0.2, 0.25) is 0 Å². The van der Waals surface area contributed by atoms with Crippen molar-refractivity contribution < 1.29 is 14.3 Å². The molecule has 0 bridgehead atoms. The van der Waals surface area contributed by atoms with Crippen LogP contribution < -0.4 is 9.47 Å². The maximum atomic E-state index is 12.6. The predicted molar refractivity (Wildman–Crippen MR) is 71.8 cm³/mol. The van der Waals surface area contributed by atoms with Gasteiger partial charge < -0.3 is 14.4 Å². The summed E-state index contributed by atoms with van der Waals surface area (Å²) in [5.74, 6) is 1.50. The van der Waals surface area contributed by atoms with Crippen LogP contribution in [-0.2, 0) is 0 Å². The second-order valence-corrected chi connectivity index (χ2v) is 5.40. The van der Waals surface area contributed by atoms with Crippen molar-refractivity contribution in [2.45, 2.75) is 38.8 Å². The number of hydrogen-bond donors (Lipinski definition) is 0. The summed E-state index contributed by atoms with van der Waals surface area (Å²) in [5.41, 5.74) is 0.685. The molecule has 0 aromatic heterocycles. The lowest BCUT2D eigenvalue weighted by Gasteiger charge is -2.27. The van der Waals surface area contributed by atoms with E-state index in [0.29, 0.717) is 30.6 Å². The minimum absolute atomic E-state index is 0.0921. The number of carbonyl (C=O) groups is 1. The van der Waals surface area contributed by atoms with Gasteiger partial charge in [0.05, 0.1) is 0 Å². The van der Waals surface area contributed by atoms with E-state index in [9.17, 15) is 4.79 Å². The average Bonchev–Trinajstić information content (AvgIpc) is 3.22. The Balaban J connectivity index is 1.86. The van der Waals surface area contributed by atoms with Crippen LogP contribution in [-0.4, -0.2) is 36.1 Å². The SMILES string of the molecule is CC(C)N(C(=O)c1ccc2c(c1)OCCO2)C1CC1.